The molecule has 1 aliphatic heterocycles. The number of methoxy groups -OCH3 is 1. The van der Waals surface area contributed by atoms with E-state index in [2.05, 4.69) is 6.92 Å². The molecule has 1 fully saturated rings. The zero-order chi connectivity index (χ0) is 18.2. The highest BCUT2D eigenvalue weighted by atomic mass is 16.7. The minimum Gasteiger partial charge on any atom is -0.491 e. The second-order valence-corrected chi connectivity index (χ2v) is 6.48. The van der Waals surface area contributed by atoms with Crippen LogP contribution in [0.5, 0.6) is 17.2 Å². The van der Waals surface area contributed by atoms with E-state index in [1.165, 1.54) is 0 Å². The lowest BCUT2D eigenvalue weighted by Crippen LogP contribution is -2.14. The smallest absolute Gasteiger partial charge is 0.200 e. The van der Waals surface area contributed by atoms with Gasteiger partial charge in [0.05, 0.1) is 13.2 Å². The highest BCUT2D eigenvalue weighted by Crippen LogP contribution is 2.31. The van der Waals surface area contributed by atoms with Crippen molar-refractivity contribution in [3.8, 4) is 17.2 Å². The van der Waals surface area contributed by atoms with Crippen molar-refractivity contribution in [2.75, 3.05) is 26.9 Å². The van der Waals surface area contributed by atoms with Crippen LogP contribution in [0.4, 0.5) is 0 Å². The van der Waals surface area contributed by atoms with Crippen molar-refractivity contribution in [3.63, 3.8) is 0 Å². The van der Waals surface area contributed by atoms with Crippen LogP contribution in [0.25, 0.3) is 0 Å². The monoisotopic (exact) mass is 358 g/mol. The van der Waals surface area contributed by atoms with Gasteiger partial charge in [0.1, 0.15) is 30.5 Å². The molecular weight excluding hydrogens is 332 g/mol. The van der Waals surface area contributed by atoms with E-state index in [9.17, 15) is 0 Å². The summed E-state index contributed by atoms with van der Waals surface area (Å²) in [4.78, 5) is 0. The summed E-state index contributed by atoms with van der Waals surface area (Å²) in [6.45, 7) is 4.36. The van der Waals surface area contributed by atoms with Crippen LogP contribution in [-0.4, -0.2) is 33.2 Å². The Morgan fingerprint density at radius 2 is 1.69 bits per heavy atom. The molecule has 0 amide bonds. The fourth-order valence-electron chi connectivity index (χ4n) is 2.73. The standard InChI is InChI=1S/C21H26O5/c1-16-10-21(25-14-16)26-20-12-18(23-9-8-22-2)11-19(13-20)24-15-17-6-4-3-5-7-17/h3-7,11-13,16,21H,8-10,14-15H2,1-2H3/t16-,21?/m1/s1. The van der Waals surface area contributed by atoms with Gasteiger partial charge in [0.2, 0.25) is 0 Å². The first-order chi connectivity index (χ1) is 12.7. The van der Waals surface area contributed by atoms with E-state index in [1.807, 2.05) is 48.5 Å². The average molecular weight is 358 g/mol. The molecule has 1 aliphatic rings. The van der Waals surface area contributed by atoms with Crippen molar-refractivity contribution in [1.82, 2.24) is 0 Å². The van der Waals surface area contributed by atoms with E-state index in [0.29, 0.717) is 43.0 Å². The lowest BCUT2D eigenvalue weighted by Gasteiger charge is -2.16. The second-order valence-electron chi connectivity index (χ2n) is 6.48. The Balaban J connectivity index is 1.68. The van der Waals surface area contributed by atoms with Crippen molar-refractivity contribution < 1.29 is 23.7 Å². The summed E-state index contributed by atoms with van der Waals surface area (Å²) in [5.41, 5.74) is 1.11. The Morgan fingerprint density at radius 3 is 2.38 bits per heavy atom. The van der Waals surface area contributed by atoms with Gasteiger partial charge < -0.3 is 23.7 Å². The van der Waals surface area contributed by atoms with Gasteiger partial charge in [-0.3, -0.25) is 0 Å². The van der Waals surface area contributed by atoms with Crippen LogP contribution in [-0.2, 0) is 16.1 Å². The van der Waals surface area contributed by atoms with E-state index in [-0.39, 0.29) is 6.29 Å². The molecule has 0 bridgehead atoms. The van der Waals surface area contributed by atoms with Gasteiger partial charge in [-0.1, -0.05) is 37.3 Å². The molecule has 0 radical (unpaired) electrons. The first kappa shape index (κ1) is 18.5. The van der Waals surface area contributed by atoms with Crippen molar-refractivity contribution in [2.24, 2.45) is 5.92 Å². The van der Waals surface area contributed by atoms with Crippen molar-refractivity contribution in [2.45, 2.75) is 26.2 Å². The number of benzene rings is 2. The van der Waals surface area contributed by atoms with Crippen molar-refractivity contribution in [1.29, 1.82) is 0 Å². The van der Waals surface area contributed by atoms with Gasteiger partial charge in [0, 0.05) is 31.7 Å². The van der Waals surface area contributed by atoms with Crippen LogP contribution in [0.15, 0.2) is 48.5 Å². The third-order valence-electron chi connectivity index (χ3n) is 4.09. The molecule has 0 N–H and O–H groups in total. The summed E-state index contributed by atoms with van der Waals surface area (Å²) in [6, 6.07) is 15.6. The Labute approximate surface area is 154 Å². The lowest BCUT2D eigenvalue weighted by molar-refractivity contribution is -0.0395. The molecule has 1 heterocycles. The molecule has 5 heteroatoms. The lowest BCUT2D eigenvalue weighted by atomic mass is 10.1. The summed E-state index contributed by atoms with van der Waals surface area (Å²) in [5, 5.41) is 0. The molecule has 0 saturated carbocycles. The number of rotatable bonds is 9. The number of ether oxygens (including phenoxy) is 5. The summed E-state index contributed by atoms with van der Waals surface area (Å²) < 4.78 is 28.3. The normalized spacial score (nSPS) is 19.3. The topological polar surface area (TPSA) is 46.2 Å². The maximum absolute atomic E-state index is 5.97. The van der Waals surface area contributed by atoms with Gasteiger partial charge in [-0.05, 0) is 11.5 Å². The van der Waals surface area contributed by atoms with Gasteiger partial charge >= 0.3 is 0 Å². The van der Waals surface area contributed by atoms with Crippen LogP contribution in [0.3, 0.4) is 0 Å². The van der Waals surface area contributed by atoms with E-state index < -0.39 is 0 Å². The first-order valence-electron chi connectivity index (χ1n) is 8.95. The van der Waals surface area contributed by atoms with E-state index in [0.717, 1.165) is 18.6 Å². The van der Waals surface area contributed by atoms with Crippen LogP contribution in [0, 0.1) is 5.92 Å². The van der Waals surface area contributed by atoms with Crippen LogP contribution in [0.2, 0.25) is 0 Å². The molecule has 1 saturated heterocycles. The zero-order valence-corrected chi connectivity index (χ0v) is 15.4. The molecule has 0 aliphatic carbocycles. The van der Waals surface area contributed by atoms with Crippen LogP contribution >= 0.6 is 0 Å². The molecule has 1 unspecified atom stereocenters. The molecule has 26 heavy (non-hydrogen) atoms. The fourth-order valence-corrected chi connectivity index (χ4v) is 2.73. The first-order valence-corrected chi connectivity index (χ1v) is 8.95. The second kappa shape index (κ2) is 9.46. The van der Waals surface area contributed by atoms with Crippen molar-refractivity contribution >= 4 is 0 Å². The van der Waals surface area contributed by atoms with E-state index in [4.69, 9.17) is 23.7 Å². The predicted molar refractivity (Wildman–Crippen MR) is 98.7 cm³/mol. The predicted octanol–water partition coefficient (Wildman–Crippen LogP) is 4.05. The van der Waals surface area contributed by atoms with Gasteiger partial charge in [-0.25, -0.2) is 0 Å². The Morgan fingerprint density at radius 1 is 0.962 bits per heavy atom. The van der Waals surface area contributed by atoms with Gasteiger partial charge in [0.15, 0.2) is 6.29 Å². The maximum atomic E-state index is 5.97. The van der Waals surface area contributed by atoms with Gasteiger partial charge in [0.25, 0.3) is 0 Å². The number of hydrogen-bond acceptors (Lipinski definition) is 5. The molecule has 3 rings (SSSR count). The number of hydrogen-bond donors (Lipinski definition) is 0. The Kier molecular flexibility index (Phi) is 6.75. The SMILES string of the molecule is COCCOc1cc(OCc2ccccc2)cc(OC2C[C@@H](C)CO2)c1. The maximum Gasteiger partial charge on any atom is 0.200 e. The minimum atomic E-state index is -0.221. The van der Waals surface area contributed by atoms with Crippen molar-refractivity contribution in [3.05, 3.63) is 54.1 Å². The van der Waals surface area contributed by atoms with Gasteiger partial charge in [-0.2, -0.15) is 0 Å². The molecular formula is C21H26O5. The minimum absolute atomic E-state index is 0.221. The third-order valence-corrected chi connectivity index (χ3v) is 4.09. The summed E-state index contributed by atoms with van der Waals surface area (Å²) >= 11 is 0. The molecule has 0 aromatic heterocycles. The molecule has 2 aromatic carbocycles. The largest absolute Gasteiger partial charge is 0.491 e. The third kappa shape index (κ3) is 5.64. The summed E-state index contributed by atoms with van der Waals surface area (Å²) in [5.74, 6) is 2.58. The Hall–Kier alpha value is -2.24. The molecule has 140 valence electrons. The molecule has 0 spiro atoms. The summed E-state index contributed by atoms with van der Waals surface area (Å²) in [7, 11) is 1.65. The zero-order valence-electron chi connectivity index (χ0n) is 15.4. The molecule has 2 atom stereocenters. The summed E-state index contributed by atoms with van der Waals surface area (Å²) in [6.07, 6.45) is 0.663. The van der Waals surface area contributed by atoms with E-state index in [1.54, 1.807) is 7.11 Å². The van der Waals surface area contributed by atoms with Crippen LogP contribution in [0.1, 0.15) is 18.9 Å². The van der Waals surface area contributed by atoms with E-state index >= 15 is 0 Å². The van der Waals surface area contributed by atoms with Gasteiger partial charge in [-0.15, -0.1) is 0 Å². The Bertz CT molecular complexity index is 673. The fraction of sp³-hybridized carbons (Fsp3) is 0.429. The molecule has 5 nitrogen and oxygen atoms in total. The van der Waals surface area contributed by atoms with Crippen LogP contribution < -0.4 is 14.2 Å². The average Bonchev–Trinajstić information content (AvgIpc) is 3.06. The quantitative estimate of drug-likeness (QED) is 0.633. The molecule has 2 aromatic rings. The highest BCUT2D eigenvalue weighted by molar-refractivity contribution is 5.42. The highest BCUT2D eigenvalue weighted by Gasteiger charge is 2.23.